The molecule has 25 heavy (non-hydrogen) atoms. The van der Waals surface area contributed by atoms with E-state index in [1.807, 2.05) is 0 Å². The largest absolute Gasteiger partial charge is 0.396 e. The Bertz CT molecular complexity index is 257. The van der Waals surface area contributed by atoms with Crippen LogP contribution in [-0.4, -0.2) is 23.4 Å². The molecule has 0 atom stereocenters. The summed E-state index contributed by atoms with van der Waals surface area (Å²) < 4.78 is 0. The molecule has 0 aromatic carbocycles. The SMILES string of the molecule is CCCCCCCC/C=C\CCCCCCCCC(CCO)CCO. The molecule has 150 valence electrons. The van der Waals surface area contributed by atoms with Gasteiger partial charge in [0, 0.05) is 13.2 Å². The summed E-state index contributed by atoms with van der Waals surface area (Å²) in [5.41, 5.74) is 0. The van der Waals surface area contributed by atoms with Crippen LogP contribution in [-0.2, 0) is 0 Å². The van der Waals surface area contributed by atoms with Crippen molar-refractivity contribution >= 4 is 0 Å². The van der Waals surface area contributed by atoms with E-state index in [1.165, 1.54) is 96.3 Å². The molecule has 0 unspecified atom stereocenters. The van der Waals surface area contributed by atoms with Gasteiger partial charge < -0.3 is 10.2 Å². The molecule has 0 rings (SSSR count). The van der Waals surface area contributed by atoms with Crippen LogP contribution in [0.25, 0.3) is 0 Å². The van der Waals surface area contributed by atoms with Gasteiger partial charge in [0.2, 0.25) is 0 Å². The Kier molecular flexibility index (Phi) is 21.4. The smallest absolute Gasteiger partial charge is 0.0433 e. The maximum Gasteiger partial charge on any atom is 0.0433 e. The number of allylic oxidation sites excluding steroid dienone is 2. The van der Waals surface area contributed by atoms with Crippen molar-refractivity contribution in [1.82, 2.24) is 0 Å². The van der Waals surface area contributed by atoms with Crippen LogP contribution in [0.1, 0.15) is 116 Å². The number of aliphatic hydroxyl groups is 2. The number of unbranched alkanes of at least 4 members (excludes halogenated alkanes) is 12. The van der Waals surface area contributed by atoms with E-state index in [0.29, 0.717) is 5.92 Å². The second-order valence-electron chi connectivity index (χ2n) is 7.62. The quantitative estimate of drug-likeness (QED) is 0.186. The van der Waals surface area contributed by atoms with Gasteiger partial charge in [-0.25, -0.2) is 0 Å². The third-order valence-corrected chi connectivity index (χ3v) is 5.20. The molecule has 0 amide bonds. The lowest BCUT2D eigenvalue weighted by atomic mass is 9.94. The van der Waals surface area contributed by atoms with Gasteiger partial charge in [0.05, 0.1) is 0 Å². The van der Waals surface area contributed by atoms with E-state index in [2.05, 4.69) is 19.1 Å². The molecule has 0 saturated carbocycles. The van der Waals surface area contributed by atoms with E-state index in [9.17, 15) is 0 Å². The second kappa shape index (κ2) is 21.7. The van der Waals surface area contributed by atoms with Crippen molar-refractivity contribution in [1.29, 1.82) is 0 Å². The van der Waals surface area contributed by atoms with Crippen LogP contribution in [0.4, 0.5) is 0 Å². The molecule has 0 saturated heterocycles. The maximum absolute atomic E-state index is 9.01. The van der Waals surface area contributed by atoms with Crippen molar-refractivity contribution in [3.05, 3.63) is 12.2 Å². The van der Waals surface area contributed by atoms with Crippen LogP contribution in [0, 0.1) is 5.92 Å². The minimum Gasteiger partial charge on any atom is -0.396 e. The fourth-order valence-electron chi connectivity index (χ4n) is 3.48. The molecule has 0 aromatic heterocycles. The first kappa shape index (κ1) is 24.7. The summed E-state index contributed by atoms with van der Waals surface area (Å²) >= 11 is 0. The number of hydrogen-bond acceptors (Lipinski definition) is 2. The molecule has 0 aliphatic rings. The lowest BCUT2D eigenvalue weighted by Crippen LogP contribution is -2.05. The summed E-state index contributed by atoms with van der Waals surface area (Å²) in [4.78, 5) is 0. The van der Waals surface area contributed by atoms with Crippen LogP contribution >= 0.6 is 0 Å². The number of aliphatic hydroxyl groups excluding tert-OH is 2. The van der Waals surface area contributed by atoms with E-state index in [-0.39, 0.29) is 13.2 Å². The average Bonchev–Trinajstić information content (AvgIpc) is 2.61. The zero-order chi connectivity index (χ0) is 18.4. The summed E-state index contributed by atoms with van der Waals surface area (Å²) in [7, 11) is 0. The number of hydrogen-bond donors (Lipinski definition) is 2. The maximum atomic E-state index is 9.01. The van der Waals surface area contributed by atoms with Crippen LogP contribution in [0.3, 0.4) is 0 Å². The van der Waals surface area contributed by atoms with Gasteiger partial charge in [0.1, 0.15) is 0 Å². The topological polar surface area (TPSA) is 40.5 Å². The summed E-state index contributed by atoms with van der Waals surface area (Å²) in [6.07, 6.45) is 26.5. The summed E-state index contributed by atoms with van der Waals surface area (Å²) in [5.74, 6) is 0.520. The fraction of sp³-hybridized carbons (Fsp3) is 0.913. The van der Waals surface area contributed by atoms with E-state index in [0.717, 1.165) is 12.8 Å². The van der Waals surface area contributed by atoms with Gasteiger partial charge in [-0.15, -0.1) is 0 Å². The van der Waals surface area contributed by atoms with Gasteiger partial charge >= 0.3 is 0 Å². The molecular formula is C23H46O2. The van der Waals surface area contributed by atoms with Crippen molar-refractivity contribution < 1.29 is 10.2 Å². The minimum absolute atomic E-state index is 0.261. The summed E-state index contributed by atoms with van der Waals surface area (Å²) in [5, 5.41) is 18.0. The van der Waals surface area contributed by atoms with Crippen molar-refractivity contribution in [2.75, 3.05) is 13.2 Å². The fourth-order valence-corrected chi connectivity index (χ4v) is 3.48. The van der Waals surface area contributed by atoms with Gasteiger partial charge in [-0.3, -0.25) is 0 Å². The molecular weight excluding hydrogens is 308 g/mol. The Morgan fingerprint density at radius 2 is 1.00 bits per heavy atom. The van der Waals surface area contributed by atoms with E-state index in [1.54, 1.807) is 0 Å². The van der Waals surface area contributed by atoms with Gasteiger partial charge in [0.15, 0.2) is 0 Å². The molecule has 0 aromatic rings. The molecule has 0 bridgehead atoms. The molecule has 2 N–H and O–H groups in total. The van der Waals surface area contributed by atoms with Crippen molar-refractivity contribution in [2.45, 2.75) is 116 Å². The predicted molar refractivity (Wildman–Crippen MR) is 111 cm³/mol. The summed E-state index contributed by atoms with van der Waals surface area (Å²) in [6.45, 7) is 2.80. The Hall–Kier alpha value is -0.340. The third kappa shape index (κ3) is 19.8. The average molecular weight is 355 g/mol. The van der Waals surface area contributed by atoms with Gasteiger partial charge in [-0.1, -0.05) is 89.7 Å². The highest BCUT2D eigenvalue weighted by molar-refractivity contribution is 4.81. The Balaban J connectivity index is 3.23. The monoisotopic (exact) mass is 354 g/mol. The van der Waals surface area contributed by atoms with Crippen molar-refractivity contribution in [2.24, 2.45) is 5.92 Å². The van der Waals surface area contributed by atoms with Crippen LogP contribution in [0.5, 0.6) is 0 Å². The van der Waals surface area contributed by atoms with Crippen LogP contribution in [0.15, 0.2) is 12.2 Å². The van der Waals surface area contributed by atoms with Crippen LogP contribution < -0.4 is 0 Å². The highest BCUT2D eigenvalue weighted by atomic mass is 16.3. The van der Waals surface area contributed by atoms with Gasteiger partial charge in [-0.2, -0.15) is 0 Å². The molecule has 0 fully saturated rings. The summed E-state index contributed by atoms with van der Waals surface area (Å²) in [6, 6.07) is 0. The molecule has 2 nitrogen and oxygen atoms in total. The Morgan fingerprint density at radius 1 is 0.560 bits per heavy atom. The number of rotatable bonds is 20. The molecule has 0 spiro atoms. The Morgan fingerprint density at radius 3 is 1.48 bits per heavy atom. The lowest BCUT2D eigenvalue weighted by molar-refractivity contribution is 0.207. The highest BCUT2D eigenvalue weighted by Gasteiger charge is 2.06. The molecule has 0 radical (unpaired) electrons. The Labute approximate surface area is 158 Å². The molecule has 0 heterocycles. The molecule has 0 aliphatic heterocycles. The second-order valence-corrected chi connectivity index (χ2v) is 7.62. The van der Waals surface area contributed by atoms with Crippen molar-refractivity contribution in [3.63, 3.8) is 0 Å². The first-order valence-electron chi connectivity index (χ1n) is 11.2. The van der Waals surface area contributed by atoms with E-state index < -0.39 is 0 Å². The van der Waals surface area contributed by atoms with Crippen molar-refractivity contribution in [3.8, 4) is 0 Å². The zero-order valence-electron chi connectivity index (χ0n) is 17.1. The van der Waals surface area contributed by atoms with E-state index in [4.69, 9.17) is 10.2 Å². The van der Waals surface area contributed by atoms with Crippen LogP contribution in [0.2, 0.25) is 0 Å². The minimum atomic E-state index is 0.261. The molecule has 0 aliphatic carbocycles. The normalized spacial score (nSPS) is 11.8. The molecule has 2 heteroatoms. The van der Waals surface area contributed by atoms with Gasteiger partial charge in [0.25, 0.3) is 0 Å². The third-order valence-electron chi connectivity index (χ3n) is 5.20. The highest BCUT2D eigenvalue weighted by Crippen LogP contribution is 2.18. The van der Waals surface area contributed by atoms with Gasteiger partial charge in [-0.05, 0) is 44.4 Å². The van der Waals surface area contributed by atoms with E-state index >= 15 is 0 Å². The first-order chi connectivity index (χ1) is 12.3. The zero-order valence-corrected chi connectivity index (χ0v) is 17.1. The lowest BCUT2D eigenvalue weighted by Gasteiger charge is -2.13. The predicted octanol–water partition coefficient (Wildman–Crippen LogP) is 6.80. The standard InChI is InChI=1S/C23H46O2/c1-2-3-4-5-6-7-8-9-10-11-12-13-14-15-16-17-18-23(19-21-24)20-22-25/h9-10,23-25H,2-8,11-22H2,1H3/b10-9-. The first-order valence-corrected chi connectivity index (χ1v) is 11.2.